The molecule has 0 saturated carbocycles. The Bertz CT molecular complexity index is 1060. The van der Waals surface area contributed by atoms with Crippen LogP contribution < -0.4 is 5.43 Å². The molecule has 0 atom stereocenters. The first kappa shape index (κ1) is 17.7. The maximum absolute atomic E-state index is 13.9. The number of aliphatic carboxylic acids is 1. The first-order chi connectivity index (χ1) is 12.4. The molecule has 0 aliphatic heterocycles. The molecule has 134 valence electrons. The highest BCUT2D eigenvalue weighted by Crippen LogP contribution is 2.17. The van der Waals surface area contributed by atoms with Gasteiger partial charge in [0.15, 0.2) is 17.1 Å². The van der Waals surface area contributed by atoms with Gasteiger partial charge in [0.1, 0.15) is 12.2 Å². The van der Waals surface area contributed by atoms with E-state index in [0.717, 1.165) is 6.07 Å². The Morgan fingerprint density at radius 3 is 2.69 bits per heavy atom. The summed E-state index contributed by atoms with van der Waals surface area (Å²) in [5.74, 6) is -2.97. The molecule has 3 aromatic rings. The zero-order valence-corrected chi connectivity index (χ0v) is 14.0. The van der Waals surface area contributed by atoms with Crippen molar-refractivity contribution in [2.45, 2.75) is 26.3 Å². The molecule has 1 N–H and O–H groups in total. The largest absolute Gasteiger partial charge is 0.480 e. The number of pyridine rings is 2. The lowest BCUT2D eigenvalue weighted by atomic mass is 10.1. The fourth-order valence-electron chi connectivity index (χ4n) is 2.91. The van der Waals surface area contributed by atoms with E-state index in [9.17, 15) is 23.5 Å². The molecule has 1 aromatic carbocycles. The Balaban J connectivity index is 2.08. The zero-order valence-electron chi connectivity index (χ0n) is 14.0. The molecular weight excluding hydrogens is 342 g/mol. The summed E-state index contributed by atoms with van der Waals surface area (Å²) in [4.78, 5) is 27.9. The fraction of sp³-hybridized carbons (Fsp3) is 0.211. The minimum absolute atomic E-state index is 0.125. The van der Waals surface area contributed by atoms with Gasteiger partial charge < -0.3 is 9.67 Å². The quantitative estimate of drug-likeness (QED) is 0.761. The van der Waals surface area contributed by atoms with Gasteiger partial charge in [-0.3, -0.25) is 9.59 Å². The van der Waals surface area contributed by atoms with Crippen LogP contribution in [0.2, 0.25) is 0 Å². The summed E-state index contributed by atoms with van der Waals surface area (Å²) >= 11 is 0. The third-order valence-electron chi connectivity index (χ3n) is 4.16. The summed E-state index contributed by atoms with van der Waals surface area (Å²) in [5.41, 5.74) is 1.20. The highest BCUT2D eigenvalue weighted by atomic mass is 19.2. The number of halogens is 2. The Hall–Kier alpha value is -3.09. The lowest BCUT2D eigenvalue weighted by molar-refractivity contribution is -0.137. The van der Waals surface area contributed by atoms with Gasteiger partial charge in [-0.25, -0.2) is 13.8 Å². The average Bonchev–Trinajstić information content (AvgIpc) is 2.58. The van der Waals surface area contributed by atoms with E-state index in [0.29, 0.717) is 16.8 Å². The van der Waals surface area contributed by atoms with E-state index in [1.165, 1.54) is 22.8 Å². The summed E-state index contributed by atoms with van der Waals surface area (Å²) in [6.45, 7) is 1.36. The van der Waals surface area contributed by atoms with Crippen molar-refractivity contribution in [2.75, 3.05) is 0 Å². The van der Waals surface area contributed by atoms with Gasteiger partial charge in [0.05, 0.1) is 5.39 Å². The number of carbonyl (C=O) groups is 1. The molecule has 0 bridgehead atoms. The van der Waals surface area contributed by atoms with E-state index in [1.54, 1.807) is 19.1 Å². The Kier molecular flexibility index (Phi) is 4.79. The van der Waals surface area contributed by atoms with Crippen LogP contribution in [0, 0.1) is 18.6 Å². The first-order valence-electron chi connectivity index (χ1n) is 8.01. The van der Waals surface area contributed by atoms with E-state index in [-0.39, 0.29) is 36.0 Å². The molecule has 0 unspecified atom stereocenters. The van der Waals surface area contributed by atoms with E-state index in [1.807, 2.05) is 0 Å². The predicted molar refractivity (Wildman–Crippen MR) is 92.1 cm³/mol. The summed E-state index contributed by atoms with van der Waals surface area (Å²) in [6.07, 6.45) is 0.300. The molecule has 26 heavy (non-hydrogen) atoms. The van der Waals surface area contributed by atoms with Crippen molar-refractivity contribution < 1.29 is 18.7 Å². The first-order valence-corrected chi connectivity index (χ1v) is 8.01. The smallest absolute Gasteiger partial charge is 0.323 e. The van der Waals surface area contributed by atoms with Crippen LogP contribution in [-0.2, 0) is 24.2 Å². The second-order valence-corrected chi connectivity index (χ2v) is 6.02. The van der Waals surface area contributed by atoms with E-state index in [2.05, 4.69) is 4.98 Å². The molecular formula is C19H16F2N2O3. The number of benzene rings is 1. The van der Waals surface area contributed by atoms with Crippen molar-refractivity contribution in [1.82, 2.24) is 9.55 Å². The molecule has 3 rings (SSSR count). The van der Waals surface area contributed by atoms with Crippen molar-refractivity contribution in [3.8, 4) is 0 Å². The highest BCUT2D eigenvalue weighted by molar-refractivity contribution is 5.77. The number of fused-ring (bicyclic) bond motifs is 1. The van der Waals surface area contributed by atoms with Crippen molar-refractivity contribution >= 4 is 17.0 Å². The van der Waals surface area contributed by atoms with Gasteiger partial charge >= 0.3 is 5.97 Å². The summed E-state index contributed by atoms with van der Waals surface area (Å²) in [6, 6.07) is 8.51. The molecule has 0 aliphatic rings. The third kappa shape index (κ3) is 3.46. The van der Waals surface area contributed by atoms with Crippen molar-refractivity contribution in [3.05, 3.63) is 75.2 Å². The second kappa shape index (κ2) is 7.03. The Morgan fingerprint density at radius 1 is 1.19 bits per heavy atom. The van der Waals surface area contributed by atoms with Crippen LogP contribution in [0.25, 0.3) is 11.0 Å². The number of nitrogens with zero attached hydrogens (tertiary/aromatic N) is 2. The van der Waals surface area contributed by atoms with Crippen LogP contribution in [-0.4, -0.2) is 20.6 Å². The van der Waals surface area contributed by atoms with Gasteiger partial charge in [-0.2, -0.15) is 0 Å². The van der Waals surface area contributed by atoms with Crippen LogP contribution >= 0.6 is 0 Å². The second-order valence-electron chi connectivity index (χ2n) is 6.02. The van der Waals surface area contributed by atoms with Gasteiger partial charge in [0, 0.05) is 17.5 Å². The number of rotatable bonds is 5. The number of hydrogen-bond donors (Lipinski definition) is 1. The summed E-state index contributed by atoms with van der Waals surface area (Å²) in [5, 5.41) is 9.54. The van der Waals surface area contributed by atoms with E-state index >= 15 is 0 Å². The van der Waals surface area contributed by atoms with E-state index < -0.39 is 17.6 Å². The maximum Gasteiger partial charge on any atom is 0.323 e. The average molecular weight is 358 g/mol. The normalized spacial score (nSPS) is 11.0. The van der Waals surface area contributed by atoms with Crippen LogP contribution in [0.3, 0.4) is 0 Å². The number of carboxylic acid groups (broad SMARTS) is 1. The minimum atomic E-state index is -1.09. The maximum atomic E-state index is 13.9. The van der Waals surface area contributed by atoms with Crippen LogP contribution in [0.4, 0.5) is 8.78 Å². The Morgan fingerprint density at radius 2 is 1.96 bits per heavy atom. The molecule has 0 amide bonds. The summed E-state index contributed by atoms with van der Waals surface area (Å²) < 4.78 is 28.6. The molecule has 5 nitrogen and oxygen atoms in total. The number of aromatic nitrogens is 2. The monoisotopic (exact) mass is 358 g/mol. The highest BCUT2D eigenvalue weighted by Gasteiger charge is 2.15. The number of hydrogen-bond acceptors (Lipinski definition) is 3. The Labute approximate surface area is 147 Å². The van der Waals surface area contributed by atoms with Gasteiger partial charge in [0.2, 0.25) is 0 Å². The van der Waals surface area contributed by atoms with Crippen molar-refractivity contribution in [1.29, 1.82) is 0 Å². The van der Waals surface area contributed by atoms with E-state index in [4.69, 9.17) is 0 Å². The molecule has 0 fully saturated rings. The SMILES string of the molecule is Cc1ccc2c(=O)cc(CCc3cccc(F)c3F)n(CC(=O)O)c2n1. The molecule has 0 spiro atoms. The number of aryl methyl sites for hydroxylation is 3. The fourth-order valence-corrected chi connectivity index (χ4v) is 2.91. The molecule has 0 saturated heterocycles. The van der Waals surface area contributed by atoms with Gasteiger partial charge in [0.25, 0.3) is 0 Å². The van der Waals surface area contributed by atoms with Crippen LogP contribution in [0.15, 0.2) is 41.2 Å². The van der Waals surface area contributed by atoms with Crippen LogP contribution in [0.1, 0.15) is 17.0 Å². The predicted octanol–water partition coefficient (Wildman–Crippen LogP) is 2.85. The minimum Gasteiger partial charge on any atom is -0.480 e. The zero-order chi connectivity index (χ0) is 18.8. The van der Waals surface area contributed by atoms with Gasteiger partial charge in [-0.15, -0.1) is 0 Å². The lowest BCUT2D eigenvalue weighted by Gasteiger charge is -2.15. The summed E-state index contributed by atoms with van der Waals surface area (Å²) in [7, 11) is 0. The van der Waals surface area contributed by atoms with Gasteiger partial charge in [-0.05, 0) is 43.5 Å². The third-order valence-corrected chi connectivity index (χ3v) is 4.16. The molecule has 7 heteroatoms. The molecule has 2 aromatic heterocycles. The number of carboxylic acids is 1. The van der Waals surface area contributed by atoms with Crippen molar-refractivity contribution in [3.63, 3.8) is 0 Å². The molecule has 2 heterocycles. The van der Waals surface area contributed by atoms with Gasteiger partial charge in [-0.1, -0.05) is 12.1 Å². The van der Waals surface area contributed by atoms with Crippen molar-refractivity contribution in [2.24, 2.45) is 0 Å². The lowest BCUT2D eigenvalue weighted by Crippen LogP contribution is -2.20. The standard InChI is InChI=1S/C19H16F2N2O3/c1-11-5-8-14-16(24)9-13(23(10-17(25)26)19(14)22-11)7-6-12-3-2-4-15(20)18(12)21/h2-5,8-9H,6-7,10H2,1H3,(H,25,26). The van der Waals surface area contributed by atoms with Crippen LogP contribution in [0.5, 0.6) is 0 Å². The molecule has 0 aliphatic carbocycles. The molecule has 0 radical (unpaired) electrons. The topological polar surface area (TPSA) is 72.2 Å².